The number of carbonyl (C=O) groups excluding carboxylic acids is 1. The monoisotopic (exact) mass is 300 g/mol. The molecule has 106 valence electrons. The zero-order valence-electron chi connectivity index (χ0n) is 11.4. The predicted octanol–water partition coefficient (Wildman–Crippen LogP) is 4.06. The Hall–Kier alpha value is -2.33. The van der Waals surface area contributed by atoms with Crippen LogP contribution in [0.5, 0.6) is 0 Å². The summed E-state index contributed by atoms with van der Waals surface area (Å²) >= 11 is 5.96. The van der Waals surface area contributed by atoms with E-state index in [2.05, 4.69) is 9.97 Å². The molecule has 4 nitrogen and oxygen atoms in total. The molecule has 0 saturated carbocycles. The predicted molar refractivity (Wildman–Crippen MR) is 82.5 cm³/mol. The number of H-pyrrole nitrogens is 1. The zero-order valence-corrected chi connectivity index (χ0v) is 12.1. The number of esters is 1. The van der Waals surface area contributed by atoms with Gasteiger partial charge in [-0.3, -0.25) is 0 Å². The summed E-state index contributed by atoms with van der Waals surface area (Å²) in [5.74, 6) is 0.420. The van der Waals surface area contributed by atoms with Crippen LogP contribution < -0.4 is 0 Å². The number of rotatable bonds is 3. The Kier molecular flexibility index (Phi) is 3.62. The summed E-state index contributed by atoms with van der Waals surface area (Å²) in [5, 5.41) is 0.662. The van der Waals surface area contributed by atoms with E-state index in [4.69, 9.17) is 16.3 Å². The van der Waals surface area contributed by atoms with Gasteiger partial charge < -0.3 is 9.72 Å². The van der Waals surface area contributed by atoms with Crippen LogP contribution in [0.3, 0.4) is 0 Å². The van der Waals surface area contributed by atoms with Crippen molar-refractivity contribution in [3.63, 3.8) is 0 Å². The van der Waals surface area contributed by atoms with Gasteiger partial charge in [0.25, 0.3) is 0 Å². The Labute approximate surface area is 126 Å². The summed E-state index contributed by atoms with van der Waals surface area (Å²) in [7, 11) is 0. The van der Waals surface area contributed by atoms with Gasteiger partial charge in [0.1, 0.15) is 5.82 Å². The lowest BCUT2D eigenvalue weighted by molar-refractivity contribution is 0.0526. The van der Waals surface area contributed by atoms with E-state index >= 15 is 0 Å². The number of nitrogens with one attached hydrogen (secondary N) is 1. The summed E-state index contributed by atoms with van der Waals surface area (Å²) in [6.07, 6.45) is 0. The van der Waals surface area contributed by atoms with Gasteiger partial charge in [0.05, 0.1) is 23.2 Å². The second-order valence-electron chi connectivity index (χ2n) is 4.54. The quantitative estimate of drug-likeness (QED) is 0.742. The highest BCUT2D eigenvalue weighted by Gasteiger charge is 2.09. The van der Waals surface area contributed by atoms with Crippen LogP contribution in [0.1, 0.15) is 17.3 Å². The largest absolute Gasteiger partial charge is 0.462 e. The van der Waals surface area contributed by atoms with Crippen molar-refractivity contribution < 1.29 is 9.53 Å². The van der Waals surface area contributed by atoms with Gasteiger partial charge in [-0.15, -0.1) is 0 Å². The third-order valence-corrected chi connectivity index (χ3v) is 3.35. The second kappa shape index (κ2) is 5.58. The van der Waals surface area contributed by atoms with Gasteiger partial charge in [-0.25, -0.2) is 9.78 Å². The third-order valence-electron chi connectivity index (χ3n) is 3.11. The SMILES string of the molecule is CCOC(=O)c1ccc(-c2nc3ccc(Cl)cc3[nH]2)cc1. The van der Waals surface area contributed by atoms with E-state index in [1.54, 1.807) is 25.1 Å². The third kappa shape index (κ3) is 2.76. The lowest BCUT2D eigenvalue weighted by Gasteiger charge is -2.02. The van der Waals surface area contributed by atoms with Gasteiger partial charge in [0.15, 0.2) is 0 Å². The first kappa shape index (κ1) is 13.6. The first-order valence-electron chi connectivity index (χ1n) is 6.60. The molecule has 0 amide bonds. The van der Waals surface area contributed by atoms with Gasteiger partial charge in [-0.05, 0) is 37.3 Å². The number of aromatic amines is 1. The average molecular weight is 301 g/mol. The fourth-order valence-corrected chi connectivity index (χ4v) is 2.27. The van der Waals surface area contributed by atoms with E-state index in [0.717, 1.165) is 22.4 Å². The maximum atomic E-state index is 11.6. The molecule has 21 heavy (non-hydrogen) atoms. The number of imidazole rings is 1. The summed E-state index contributed by atoms with van der Waals surface area (Å²) in [4.78, 5) is 19.3. The minimum atomic E-state index is -0.319. The molecule has 3 aromatic rings. The fourth-order valence-electron chi connectivity index (χ4n) is 2.10. The van der Waals surface area contributed by atoms with Crippen molar-refractivity contribution >= 4 is 28.6 Å². The zero-order chi connectivity index (χ0) is 14.8. The molecule has 5 heteroatoms. The molecule has 0 bridgehead atoms. The van der Waals surface area contributed by atoms with Crippen LogP contribution in [-0.2, 0) is 4.74 Å². The number of hydrogen-bond acceptors (Lipinski definition) is 3. The Bertz CT molecular complexity index is 794. The summed E-state index contributed by atoms with van der Waals surface area (Å²) in [6, 6.07) is 12.6. The first-order valence-corrected chi connectivity index (χ1v) is 6.98. The number of fused-ring (bicyclic) bond motifs is 1. The van der Waals surface area contributed by atoms with Crippen molar-refractivity contribution in [2.75, 3.05) is 6.61 Å². The maximum absolute atomic E-state index is 11.6. The van der Waals surface area contributed by atoms with E-state index < -0.39 is 0 Å². The molecular weight excluding hydrogens is 288 g/mol. The minimum absolute atomic E-state index is 0.319. The molecule has 0 aliphatic rings. The fraction of sp³-hybridized carbons (Fsp3) is 0.125. The van der Waals surface area contributed by atoms with E-state index in [1.165, 1.54) is 0 Å². The number of halogens is 1. The second-order valence-corrected chi connectivity index (χ2v) is 4.98. The topological polar surface area (TPSA) is 55.0 Å². The van der Waals surface area contributed by atoms with Crippen LogP contribution in [0, 0.1) is 0 Å². The van der Waals surface area contributed by atoms with Crippen molar-refractivity contribution in [3.8, 4) is 11.4 Å². The Morgan fingerprint density at radius 3 is 2.71 bits per heavy atom. The molecule has 0 saturated heterocycles. The average Bonchev–Trinajstić information content (AvgIpc) is 2.90. The van der Waals surface area contributed by atoms with Crippen molar-refractivity contribution in [3.05, 3.63) is 53.1 Å². The normalized spacial score (nSPS) is 10.8. The van der Waals surface area contributed by atoms with Crippen molar-refractivity contribution in [2.45, 2.75) is 6.92 Å². The molecule has 0 aliphatic heterocycles. The molecule has 0 radical (unpaired) electrons. The molecule has 1 aromatic heterocycles. The van der Waals surface area contributed by atoms with Crippen LogP contribution in [-0.4, -0.2) is 22.5 Å². The number of benzene rings is 2. The Morgan fingerprint density at radius 2 is 2.00 bits per heavy atom. The Balaban J connectivity index is 1.93. The van der Waals surface area contributed by atoms with E-state index in [9.17, 15) is 4.79 Å². The molecule has 0 aliphatic carbocycles. The van der Waals surface area contributed by atoms with E-state index in [0.29, 0.717) is 17.2 Å². The van der Waals surface area contributed by atoms with Crippen LogP contribution in [0.15, 0.2) is 42.5 Å². The van der Waals surface area contributed by atoms with Crippen LogP contribution in [0.25, 0.3) is 22.4 Å². The number of aromatic nitrogens is 2. The maximum Gasteiger partial charge on any atom is 0.338 e. The molecule has 0 unspecified atom stereocenters. The number of nitrogens with zero attached hydrogens (tertiary/aromatic N) is 1. The molecule has 2 aromatic carbocycles. The molecule has 0 atom stereocenters. The summed E-state index contributed by atoms with van der Waals surface area (Å²) < 4.78 is 4.96. The number of ether oxygens (including phenoxy) is 1. The lowest BCUT2D eigenvalue weighted by atomic mass is 10.1. The van der Waals surface area contributed by atoms with Gasteiger partial charge in [0.2, 0.25) is 0 Å². The molecular formula is C16H13ClN2O2. The molecule has 0 fully saturated rings. The highest BCUT2D eigenvalue weighted by molar-refractivity contribution is 6.31. The summed E-state index contributed by atoms with van der Waals surface area (Å²) in [6.45, 7) is 2.15. The van der Waals surface area contributed by atoms with Crippen molar-refractivity contribution in [2.24, 2.45) is 0 Å². The highest BCUT2D eigenvalue weighted by atomic mass is 35.5. The highest BCUT2D eigenvalue weighted by Crippen LogP contribution is 2.23. The molecule has 3 rings (SSSR count). The number of hydrogen-bond donors (Lipinski definition) is 1. The van der Waals surface area contributed by atoms with Gasteiger partial charge in [0, 0.05) is 10.6 Å². The van der Waals surface area contributed by atoms with E-state index in [-0.39, 0.29) is 5.97 Å². The standard InChI is InChI=1S/C16H13ClN2O2/c1-2-21-16(20)11-5-3-10(4-6-11)15-18-13-8-7-12(17)9-14(13)19-15/h3-9H,2H2,1H3,(H,18,19). The lowest BCUT2D eigenvalue weighted by Crippen LogP contribution is -2.04. The first-order chi connectivity index (χ1) is 10.2. The smallest absolute Gasteiger partial charge is 0.338 e. The van der Waals surface area contributed by atoms with Crippen LogP contribution >= 0.6 is 11.6 Å². The number of carbonyl (C=O) groups is 1. The Morgan fingerprint density at radius 1 is 1.24 bits per heavy atom. The van der Waals surface area contributed by atoms with Crippen LogP contribution in [0.2, 0.25) is 5.02 Å². The van der Waals surface area contributed by atoms with Gasteiger partial charge in [-0.2, -0.15) is 0 Å². The van der Waals surface area contributed by atoms with Crippen molar-refractivity contribution in [1.82, 2.24) is 9.97 Å². The van der Waals surface area contributed by atoms with Gasteiger partial charge >= 0.3 is 5.97 Å². The molecule has 0 spiro atoms. The van der Waals surface area contributed by atoms with Crippen LogP contribution in [0.4, 0.5) is 0 Å². The molecule has 1 N–H and O–H groups in total. The molecule has 1 heterocycles. The van der Waals surface area contributed by atoms with Gasteiger partial charge in [-0.1, -0.05) is 23.7 Å². The van der Waals surface area contributed by atoms with E-state index in [1.807, 2.05) is 24.3 Å². The van der Waals surface area contributed by atoms with Crippen molar-refractivity contribution in [1.29, 1.82) is 0 Å². The summed E-state index contributed by atoms with van der Waals surface area (Å²) in [5.41, 5.74) is 3.16. The minimum Gasteiger partial charge on any atom is -0.462 e.